The molecule has 0 bridgehead atoms. The monoisotopic (exact) mass is 565 g/mol. The van der Waals surface area contributed by atoms with E-state index in [0.717, 1.165) is 21.9 Å². The van der Waals surface area contributed by atoms with Crippen LogP contribution in [0, 0.1) is 0 Å². The molecule has 0 spiro atoms. The summed E-state index contributed by atoms with van der Waals surface area (Å²) in [6.45, 7) is 7.80. The molecule has 0 aliphatic heterocycles. The third-order valence-electron chi connectivity index (χ3n) is 6.66. The first-order chi connectivity index (χ1) is 19.1. The smallest absolute Gasteiger partial charge is 0.264 e. The minimum atomic E-state index is -4.09. The molecule has 0 heterocycles. The first kappa shape index (κ1) is 30.7. The molecular weight excluding hydrogens is 526 g/mol. The van der Waals surface area contributed by atoms with Gasteiger partial charge in [0.2, 0.25) is 11.8 Å². The fourth-order valence-electron chi connectivity index (χ4n) is 4.22. The average molecular weight is 566 g/mol. The van der Waals surface area contributed by atoms with E-state index in [1.54, 1.807) is 62.6 Å². The summed E-state index contributed by atoms with van der Waals surface area (Å²) >= 11 is 0. The van der Waals surface area contributed by atoms with Gasteiger partial charge < -0.3 is 15.0 Å². The maximum absolute atomic E-state index is 14.0. The maximum atomic E-state index is 14.0. The summed E-state index contributed by atoms with van der Waals surface area (Å²) in [7, 11) is -2.54. The Bertz CT molecular complexity index is 1380. The Balaban J connectivity index is 2.02. The lowest BCUT2D eigenvalue weighted by Crippen LogP contribution is -2.51. The van der Waals surface area contributed by atoms with Gasteiger partial charge in [-0.25, -0.2) is 8.42 Å². The Morgan fingerprint density at radius 2 is 1.60 bits per heavy atom. The van der Waals surface area contributed by atoms with Crippen LogP contribution in [0.5, 0.6) is 5.75 Å². The van der Waals surface area contributed by atoms with Crippen molar-refractivity contribution in [3.8, 4) is 5.75 Å². The largest absolute Gasteiger partial charge is 0.497 e. The molecule has 3 aromatic carbocycles. The topological polar surface area (TPSA) is 96.0 Å². The van der Waals surface area contributed by atoms with Crippen LogP contribution in [0.1, 0.15) is 51.2 Å². The third-order valence-corrected chi connectivity index (χ3v) is 8.45. The summed E-state index contributed by atoms with van der Waals surface area (Å²) in [4.78, 5) is 28.4. The van der Waals surface area contributed by atoms with E-state index in [-0.39, 0.29) is 23.3 Å². The number of benzene rings is 3. The van der Waals surface area contributed by atoms with Crippen LogP contribution >= 0.6 is 0 Å². The highest BCUT2D eigenvalue weighted by atomic mass is 32.2. The summed E-state index contributed by atoms with van der Waals surface area (Å²) in [5.74, 6) is 0.0634. The van der Waals surface area contributed by atoms with Crippen LogP contribution in [0.3, 0.4) is 0 Å². The number of hydrogen-bond donors (Lipinski definition) is 1. The Hall–Kier alpha value is -3.85. The van der Waals surface area contributed by atoms with E-state index in [4.69, 9.17) is 4.74 Å². The number of amides is 2. The number of rotatable bonds is 13. The van der Waals surface area contributed by atoms with Crippen molar-refractivity contribution < 1.29 is 22.7 Å². The van der Waals surface area contributed by atoms with Gasteiger partial charge in [-0.3, -0.25) is 13.9 Å². The van der Waals surface area contributed by atoms with E-state index in [2.05, 4.69) is 19.2 Å². The van der Waals surface area contributed by atoms with Crippen molar-refractivity contribution in [1.82, 2.24) is 10.2 Å². The van der Waals surface area contributed by atoms with Crippen LogP contribution in [-0.2, 0) is 26.2 Å². The second-order valence-electron chi connectivity index (χ2n) is 9.91. The molecule has 0 aromatic heterocycles. The van der Waals surface area contributed by atoms with Gasteiger partial charge in [0, 0.05) is 13.1 Å². The minimum absolute atomic E-state index is 0.0730. The van der Waals surface area contributed by atoms with Crippen LogP contribution in [0.15, 0.2) is 83.8 Å². The molecule has 8 nitrogen and oxygen atoms in total. The van der Waals surface area contributed by atoms with Crippen LogP contribution in [0.25, 0.3) is 0 Å². The summed E-state index contributed by atoms with van der Waals surface area (Å²) in [6.07, 6.45) is 0.748. The number of hydrogen-bond acceptors (Lipinski definition) is 5. The molecule has 2 amide bonds. The molecule has 0 saturated carbocycles. The molecule has 3 aromatic rings. The Morgan fingerprint density at radius 3 is 2.20 bits per heavy atom. The SMILES string of the molecule is CCCNC(=O)[C@@H](C)N(Cc1cccc(OC)c1)C(=O)CN(c1ccc(C(C)C)cc1)S(=O)(=O)c1ccccc1. The van der Waals surface area contributed by atoms with Crippen molar-refractivity contribution in [2.75, 3.05) is 24.5 Å². The molecular formula is C31H39N3O5S. The predicted octanol–water partition coefficient (Wildman–Crippen LogP) is 4.96. The Morgan fingerprint density at radius 1 is 0.925 bits per heavy atom. The molecule has 3 rings (SSSR count). The average Bonchev–Trinajstić information content (AvgIpc) is 2.97. The first-order valence-electron chi connectivity index (χ1n) is 13.5. The number of carbonyl (C=O) groups is 2. The molecule has 0 radical (unpaired) electrons. The van der Waals surface area contributed by atoms with Crippen LogP contribution in [-0.4, -0.2) is 51.4 Å². The number of anilines is 1. The number of carbonyl (C=O) groups excluding carboxylic acids is 2. The van der Waals surface area contributed by atoms with Crippen LogP contribution < -0.4 is 14.4 Å². The van der Waals surface area contributed by atoms with E-state index in [9.17, 15) is 18.0 Å². The van der Waals surface area contributed by atoms with Gasteiger partial charge in [0.1, 0.15) is 18.3 Å². The molecule has 1 atom stereocenters. The molecule has 0 unspecified atom stereocenters. The highest BCUT2D eigenvalue weighted by Crippen LogP contribution is 2.27. The van der Waals surface area contributed by atoms with Crippen molar-refractivity contribution in [2.24, 2.45) is 0 Å². The van der Waals surface area contributed by atoms with Gasteiger partial charge in [0.05, 0.1) is 17.7 Å². The number of sulfonamides is 1. The molecule has 9 heteroatoms. The summed E-state index contributed by atoms with van der Waals surface area (Å²) in [6, 6.07) is 21.6. The molecule has 0 aliphatic carbocycles. The second kappa shape index (κ2) is 14.0. The zero-order chi connectivity index (χ0) is 29.3. The molecule has 40 heavy (non-hydrogen) atoms. The van der Waals surface area contributed by atoms with Gasteiger partial charge in [0.15, 0.2) is 0 Å². The zero-order valence-corrected chi connectivity index (χ0v) is 24.6. The van der Waals surface area contributed by atoms with Gasteiger partial charge >= 0.3 is 0 Å². The summed E-state index contributed by atoms with van der Waals surface area (Å²) in [5, 5.41) is 2.84. The molecule has 0 saturated heterocycles. The van der Waals surface area contributed by atoms with Crippen molar-refractivity contribution in [3.63, 3.8) is 0 Å². The van der Waals surface area contributed by atoms with E-state index in [0.29, 0.717) is 18.0 Å². The number of nitrogens with zero attached hydrogens (tertiary/aromatic N) is 2. The lowest BCUT2D eigenvalue weighted by Gasteiger charge is -2.32. The quantitative estimate of drug-likeness (QED) is 0.316. The van der Waals surface area contributed by atoms with Crippen LogP contribution in [0.4, 0.5) is 5.69 Å². The van der Waals surface area contributed by atoms with Gasteiger partial charge in [-0.2, -0.15) is 0 Å². The molecule has 0 aliphatic rings. The van der Waals surface area contributed by atoms with E-state index in [1.165, 1.54) is 17.0 Å². The fourth-order valence-corrected chi connectivity index (χ4v) is 5.66. The lowest BCUT2D eigenvalue weighted by molar-refractivity contribution is -0.139. The van der Waals surface area contributed by atoms with Gasteiger partial charge in [0.25, 0.3) is 10.0 Å². The van der Waals surface area contributed by atoms with Gasteiger partial charge in [-0.15, -0.1) is 0 Å². The zero-order valence-electron chi connectivity index (χ0n) is 23.8. The van der Waals surface area contributed by atoms with E-state index < -0.39 is 28.5 Å². The van der Waals surface area contributed by atoms with E-state index >= 15 is 0 Å². The second-order valence-corrected chi connectivity index (χ2v) is 11.8. The fraction of sp³-hybridized carbons (Fsp3) is 0.355. The van der Waals surface area contributed by atoms with Crippen molar-refractivity contribution in [2.45, 2.75) is 57.5 Å². The molecule has 0 fully saturated rings. The standard InChI is InChI=1S/C31H39N3O5S/c1-6-19-32-31(36)24(4)33(21-25-11-10-12-28(20-25)39-5)30(35)22-34(27-17-15-26(16-18-27)23(2)3)40(37,38)29-13-8-7-9-14-29/h7-18,20,23-24H,6,19,21-22H2,1-5H3,(H,32,36)/t24-/m1/s1. The Labute approximate surface area is 238 Å². The normalized spacial score (nSPS) is 12.1. The lowest BCUT2D eigenvalue weighted by atomic mass is 10.0. The first-order valence-corrected chi connectivity index (χ1v) is 14.9. The Kier molecular flexibility index (Phi) is 10.7. The number of nitrogens with one attached hydrogen (secondary N) is 1. The predicted molar refractivity (Wildman–Crippen MR) is 158 cm³/mol. The van der Waals surface area contributed by atoms with Crippen molar-refractivity contribution >= 4 is 27.5 Å². The van der Waals surface area contributed by atoms with Crippen molar-refractivity contribution in [1.29, 1.82) is 0 Å². The van der Waals surface area contributed by atoms with Crippen LogP contribution in [0.2, 0.25) is 0 Å². The summed E-state index contributed by atoms with van der Waals surface area (Å²) < 4.78 is 34.2. The number of methoxy groups -OCH3 is 1. The van der Waals surface area contributed by atoms with Gasteiger partial charge in [-0.05, 0) is 66.8 Å². The molecule has 1 N–H and O–H groups in total. The maximum Gasteiger partial charge on any atom is 0.264 e. The third kappa shape index (κ3) is 7.63. The highest BCUT2D eigenvalue weighted by Gasteiger charge is 2.32. The molecule has 214 valence electrons. The van der Waals surface area contributed by atoms with Gasteiger partial charge in [-0.1, -0.05) is 63.2 Å². The van der Waals surface area contributed by atoms with Crippen molar-refractivity contribution in [3.05, 3.63) is 90.0 Å². The van der Waals surface area contributed by atoms with E-state index in [1.807, 2.05) is 25.1 Å². The minimum Gasteiger partial charge on any atom is -0.497 e. The highest BCUT2D eigenvalue weighted by molar-refractivity contribution is 7.92. The number of ether oxygens (including phenoxy) is 1. The summed E-state index contributed by atoms with van der Waals surface area (Å²) in [5.41, 5.74) is 2.17.